The standard InChI is InChI=1S/C19H24F2/c1-3-5-7-16-12-13-17(19(21)18(16)20)15-10-8-14(6-4-2)9-11-15/h4,6,10,12-14H,3,5,7-9,11H2,1-2H3. The van der Waals surface area contributed by atoms with Crippen LogP contribution in [0.5, 0.6) is 0 Å². The normalized spacial score (nSPS) is 19.0. The van der Waals surface area contributed by atoms with Crippen molar-refractivity contribution in [2.75, 3.05) is 0 Å². The zero-order chi connectivity index (χ0) is 15.2. The number of aryl methyl sites for hydroxylation is 1. The second-order valence-electron chi connectivity index (χ2n) is 5.79. The summed E-state index contributed by atoms with van der Waals surface area (Å²) in [6.45, 7) is 4.07. The molecule has 0 fully saturated rings. The quantitative estimate of drug-likeness (QED) is 0.577. The summed E-state index contributed by atoms with van der Waals surface area (Å²) in [5, 5.41) is 0. The molecule has 1 aromatic rings. The lowest BCUT2D eigenvalue weighted by Crippen LogP contribution is -2.05. The van der Waals surface area contributed by atoms with Crippen LogP contribution >= 0.6 is 0 Å². The van der Waals surface area contributed by atoms with Crippen molar-refractivity contribution in [2.45, 2.75) is 52.4 Å². The van der Waals surface area contributed by atoms with E-state index in [0.29, 0.717) is 23.5 Å². The molecule has 0 N–H and O–H groups in total. The maximum Gasteiger partial charge on any atom is 0.166 e. The topological polar surface area (TPSA) is 0 Å². The van der Waals surface area contributed by atoms with Crippen molar-refractivity contribution in [1.29, 1.82) is 0 Å². The molecule has 0 radical (unpaired) electrons. The van der Waals surface area contributed by atoms with Crippen molar-refractivity contribution in [3.8, 4) is 0 Å². The Morgan fingerprint density at radius 1 is 1.24 bits per heavy atom. The smallest absolute Gasteiger partial charge is 0.166 e. The first-order chi connectivity index (χ1) is 10.2. The monoisotopic (exact) mass is 290 g/mol. The Morgan fingerprint density at radius 3 is 2.67 bits per heavy atom. The lowest BCUT2D eigenvalue weighted by molar-refractivity contribution is 0.493. The zero-order valence-corrected chi connectivity index (χ0v) is 13.0. The first kappa shape index (κ1) is 15.9. The van der Waals surface area contributed by atoms with Gasteiger partial charge in [-0.1, -0.05) is 43.7 Å². The van der Waals surface area contributed by atoms with Crippen LogP contribution in [0.3, 0.4) is 0 Å². The van der Waals surface area contributed by atoms with Crippen molar-refractivity contribution in [2.24, 2.45) is 5.92 Å². The van der Waals surface area contributed by atoms with Gasteiger partial charge < -0.3 is 0 Å². The molecule has 0 heterocycles. The van der Waals surface area contributed by atoms with E-state index in [2.05, 4.69) is 25.2 Å². The number of hydrogen-bond acceptors (Lipinski definition) is 0. The Kier molecular flexibility index (Phi) is 5.72. The minimum absolute atomic E-state index is 0.451. The van der Waals surface area contributed by atoms with Crippen LogP contribution in [-0.4, -0.2) is 0 Å². The molecular formula is C19H24F2. The second-order valence-corrected chi connectivity index (χ2v) is 5.79. The van der Waals surface area contributed by atoms with Gasteiger partial charge in [-0.3, -0.25) is 0 Å². The van der Waals surface area contributed by atoms with E-state index < -0.39 is 11.6 Å². The lowest BCUT2D eigenvalue weighted by Gasteiger charge is -2.20. The Hall–Kier alpha value is -1.44. The highest BCUT2D eigenvalue weighted by Gasteiger charge is 2.19. The molecule has 1 atom stereocenters. The first-order valence-corrected chi connectivity index (χ1v) is 7.96. The van der Waals surface area contributed by atoms with Crippen LogP contribution < -0.4 is 0 Å². The highest BCUT2D eigenvalue weighted by Crippen LogP contribution is 2.33. The van der Waals surface area contributed by atoms with Gasteiger partial charge in [0.25, 0.3) is 0 Å². The van der Waals surface area contributed by atoms with Gasteiger partial charge in [0.1, 0.15) is 0 Å². The number of hydrogen-bond donors (Lipinski definition) is 0. The first-order valence-electron chi connectivity index (χ1n) is 7.96. The zero-order valence-electron chi connectivity index (χ0n) is 13.0. The summed E-state index contributed by atoms with van der Waals surface area (Å²) in [5.41, 5.74) is 1.90. The van der Waals surface area contributed by atoms with Gasteiger partial charge in [0.2, 0.25) is 0 Å². The maximum atomic E-state index is 14.3. The molecule has 21 heavy (non-hydrogen) atoms. The van der Waals surface area contributed by atoms with Crippen LogP contribution in [0.1, 0.15) is 57.1 Å². The van der Waals surface area contributed by atoms with Gasteiger partial charge in [-0.25, -0.2) is 8.78 Å². The molecule has 1 aliphatic carbocycles. The second kappa shape index (κ2) is 7.53. The number of rotatable bonds is 5. The summed E-state index contributed by atoms with van der Waals surface area (Å²) >= 11 is 0. The van der Waals surface area contributed by atoms with E-state index in [9.17, 15) is 8.78 Å². The van der Waals surface area contributed by atoms with Gasteiger partial charge in [-0.05, 0) is 56.1 Å². The molecule has 1 unspecified atom stereocenters. The van der Waals surface area contributed by atoms with Gasteiger partial charge in [0.05, 0.1) is 0 Å². The number of benzene rings is 1. The van der Waals surface area contributed by atoms with E-state index in [4.69, 9.17) is 0 Å². The average Bonchev–Trinajstić information content (AvgIpc) is 2.50. The van der Waals surface area contributed by atoms with Crippen LogP contribution in [0, 0.1) is 17.6 Å². The Morgan fingerprint density at radius 2 is 2.05 bits per heavy atom. The molecule has 2 rings (SSSR count). The third-order valence-electron chi connectivity index (χ3n) is 4.22. The predicted octanol–water partition coefficient (Wildman–Crippen LogP) is 6.07. The fraction of sp³-hybridized carbons (Fsp3) is 0.474. The number of allylic oxidation sites excluding steroid dienone is 4. The highest BCUT2D eigenvalue weighted by molar-refractivity contribution is 5.67. The minimum atomic E-state index is -0.667. The van der Waals surface area contributed by atoms with Crippen molar-refractivity contribution >= 4 is 5.57 Å². The molecule has 114 valence electrons. The van der Waals surface area contributed by atoms with Gasteiger partial charge >= 0.3 is 0 Å². The fourth-order valence-electron chi connectivity index (χ4n) is 2.94. The fourth-order valence-corrected chi connectivity index (χ4v) is 2.94. The van der Waals surface area contributed by atoms with Crippen LogP contribution in [0.2, 0.25) is 0 Å². The molecule has 0 saturated carbocycles. The van der Waals surface area contributed by atoms with E-state index in [0.717, 1.165) is 37.7 Å². The molecule has 0 aromatic heterocycles. The molecule has 0 nitrogen and oxygen atoms in total. The summed E-state index contributed by atoms with van der Waals surface area (Å²) < 4.78 is 28.4. The largest absolute Gasteiger partial charge is 0.203 e. The highest BCUT2D eigenvalue weighted by atomic mass is 19.2. The Balaban J connectivity index is 2.20. The lowest BCUT2D eigenvalue weighted by atomic mass is 9.86. The minimum Gasteiger partial charge on any atom is -0.203 e. The van der Waals surface area contributed by atoms with Crippen molar-refractivity contribution in [1.82, 2.24) is 0 Å². The van der Waals surface area contributed by atoms with Crippen molar-refractivity contribution in [3.05, 3.63) is 53.1 Å². The van der Waals surface area contributed by atoms with Crippen molar-refractivity contribution < 1.29 is 8.78 Å². The summed E-state index contributed by atoms with van der Waals surface area (Å²) in [7, 11) is 0. The van der Waals surface area contributed by atoms with Crippen LogP contribution in [0.15, 0.2) is 30.4 Å². The Labute approximate surface area is 126 Å². The summed E-state index contributed by atoms with van der Waals surface area (Å²) in [6, 6.07) is 3.51. The van der Waals surface area contributed by atoms with E-state index in [1.54, 1.807) is 12.1 Å². The molecule has 2 heteroatoms. The van der Waals surface area contributed by atoms with E-state index >= 15 is 0 Å². The van der Waals surface area contributed by atoms with Gasteiger partial charge in [0, 0.05) is 5.56 Å². The van der Waals surface area contributed by atoms with Gasteiger partial charge in [-0.2, -0.15) is 0 Å². The van der Waals surface area contributed by atoms with Gasteiger partial charge in [-0.15, -0.1) is 0 Å². The molecule has 0 saturated heterocycles. The van der Waals surface area contributed by atoms with E-state index in [-0.39, 0.29) is 0 Å². The number of unbranched alkanes of at least 4 members (excludes halogenated alkanes) is 1. The summed E-state index contributed by atoms with van der Waals surface area (Å²) in [6.07, 6.45) is 11.6. The van der Waals surface area contributed by atoms with E-state index in [1.165, 1.54) is 0 Å². The van der Waals surface area contributed by atoms with Crippen LogP contribution in [0.25, 0.3) is 5.57 Å². The molecule has 0 amide bonds. The molecule has 1 aromatic carbocycles. The predicted molar refractivity (Wildman–Crippen MR) is 85.1 cm³/mol. The number of halogens is 2. The molecule has 0 spiro atoms. The van der Waals surface area contributed by atoms with Crippen LogP contribution in [0.4, 0.5) is 8.78 Å². The maximum absolute atomic E-state index is 14.3. The molecule has 1 aliphatic rings. The summed E-state index contributed by atoms with van der Waals surface area (Å²) in [4.78, 5) is 0. The van der Waals surface area contributed by atoms with Gasteiger partial charge in [0.15, 0.2) is 11.6 Å². The van der Waals surface area contributed by atoms with Crippen LogP contribution in [-0.2, 0) is 6.42 Å². The average molecular weight is 290 g/mol. The third-order valence-corrected chi connectivity index (χ3v) is 4.22. The molecular weight excluding hydrogens is 266 g/mol. The Bertz CT molecular complexity index is 541. The molecule has 0 bridgehead atoms. The molecule has 0 aliphatic heterocycles. The SMILES string of the molecule is CC=CC1CC=C(c2ccc(CCCC)c(F)c2F)CC1. The van der Waals surface area contributed by atoms with E-state index in [1.807, 2.05) is 6.92 Å². The third kappa shape index (κ3) is 3.81. The summed E-state index contributed by atoms with van der Waals surface area (Å²) in [5.74, 6) is -0.785. The van der Waals surface area contributed by atoms with Crippen molar-refractivity contribution in [3.63, 3.8) is 0 Å².